The van der Waals surface area contributed by atoms with Crippen molar-refractivity contribution in [1.29, 1.82) is 0 Å². The van der Waals surface area contributed by atoms with Gasteiger partial charge in [-0.05, 0) is 23.8 Å². The van der Waals surface area contributed by atoms with Crippen LogP contribution in [-0.4, -0.2) is 5.78 Å². The Kier molecular flexibility index (Phi) is 4.51. The molecule has 19 heavy (non-hydrogen) atoms. The molecule has 4 heteroatoms. The van der Waals surface area contributed by atoms with Crippen LogP contribution in [0.4, 0.5) is 0 Å². The summed E-state index contributed by atoms with van der Waals surface area (Å²) < 4.78 is 0. The standard InChI is InChI=1S/C15H11Cl3O/c1-2-14(19)9-4-3-5-10(6-9)15-12(17)7-11(16)8-13(15)18/h3-8H,2H2,1H3. The van der Waals surface area contributed by atoms with Crippen LogP contribution in [0.3, 0.4) is 0 Å². The van der Waals surface area contributed by atoms with Crippen molar-refractivity contribution in [1.82, 2.24) is 0 Å². The second-order valence-corrected chi connectivity index (χ2v) is 5.35. The quantitative estimate of drug-likeness (QED) is 0.644. The van der Waals surface area contributed by atoms with E-state index in [1.807, 2.05) is 19.1 Å². The zero-order valence-corrected chi connectivity index (χ0v) is 12.5. The van der Waals surface area contributed by atoms with Crippen molar-refractivity contribution in [3.05, 3.63) is 57.0 Å². The molecule has 0 aromatic heterocycles. The van der Waals surface area contributed by atoms with E-state index in [4.69, 9.17) is 34.8 Å². The van der Waals surface area contributed by atoms with Gasteiger partial charge >= 0.3 is 0 Å². The average Bonchev–Trinajstić information content (AvgIpc) is 2.37. The van der Waals surface area contributed by atoms with Crippen LogP contribution in [0.2, 0.25) is 15.1 Å². The zero-order chi connectivity index (χ0) is 14.0. The van der Waals surface area contributed by atoms with Crippen molar-refractivity contribution < 1.29 is 4.79 Å². The maximum atomic E-state index is 11.7. The molecular weight excluding hydrogens is 303 g/mol. The van der Waals surface area contributed by atoms with Crippen molar-refractivity contribution in [3.63, 3.8) is 0 Å². The van der Waals surface area contributed by atoms with Crippen molar-refractivity contribution >= 4 is 40.6 Å². The highest BCUT2D eigenvalue weighted by Crippen LogP contribution is 2.37. The van der Waals surface area contributed by atoms with Crippen molar-refractivity contribution in [2.24, 2.45) is 0 Å². The number of halogens is 3. The summed E-state index contributed by atoms with van der Waals surface area (Å²) >= 11 is 18.3. The molecular formula is C15H11Cl3O. The van der Waals surface area contributed by atoms with E-state index in [0.717, 1.165) is 5.56 Å². The lowest BCUT2D eigenvalue weighted by Crippen LogP contribution is -1.96. The number of carbonyl (C=O) groups excluding carboxylic acids is 1. The van der Waals surface area contributed by atoms with Crippen LogP contribution in [0.1, 0.15) is 23.7 Å². The van der Waals surface area contributed by atoms with Gasteiger partial charge in [0.15, 0.2) is 5.78 Å². The van der Waals surface area contributed by atoms with Gasteiger partial charge in [0.05, 0.1) is 10.0 Å². The summed E-state index contributed by atoms with van der Waals surface area (Å²) in [5.74, 6) is 0.0862. The minimum atomic E-state index is 0.0862. The number of ketones is 1. The summed E-state index contributed by atoms with van der Waals surface area (Å²) in [4.78, 5) is 11.7. The predicted molar refractivity (Wildman–Crippen MR) is 81.5 cm³/mol. The van der Waals surface area contributed by atoms with Gasteiger partial charge in [-0.25, -0.2) is 0 Å². The third kappa shape index (κ3) is 3.11. The molecule has 98 valence electrons. The number of hydrogen-bond donors (Lipinski definition) is 0. The first kappa shape index (κ1) is 14.4. The summed E-state index contributed by atoms with van der Waals surface area (Å²) in [7, 11) is 0. The summed E-state index contributed by atoms with van der Waals surface area (Å²) in [6.07, 6.45) is 0.464. The fourth-order valence-electron chi connectivity index (χ4n) is 1.87. The van der Waals surface area contributed by atoms with Crippen molar-refractivity contribution in [2.45, 2.75) is 13.3 Å². The zero-order valence-electron chi connectivity index (χ0n) is 10.2. The first-order valence-electron chi connectivity index (χ1n) is 5.81. The summed E-state index contributed by atoms with van der Waals surface area (Å²) in [6, 6.07) is 10.5. The molecule has 0 radical (unpaired) electrons. The van der Waals surface area contributed by atoms with Crippen LogP contribution in [0.25, 0.3) is 11.1 Å². The minimum Gasteiger partial charge on any atom is -0.294 e. The maximum absolute atomic E-state index is 11.7. The van der Waals surface area contributed by atoms with Gasteiger partial charge in [-0.15, -0.1) is 0 Å². The Morgan fingerprint density at radius 2 is 1.68 bits per heavy atom. The highest BCUT2D eigenvalue weighted by Gasteiger charge is 2.12. The van der Waals surface area contributed by atoms with Gasteiger partial charge in [0.2, 0.25) is 0 Å². The topological polar surface area (TPSA) is 17.1 Å². The molecule has 0 atom stereocenters. The first-order chi connectivity index (χ1) is 9.02. The SMILES string of the molecule is CCC(=O)c1cccc(-c2c(Cl)cc(Cl)cc2Cl)c1. The molecule has 2 aromatic carbocycles. The molecule has 0 aliphatic carbocycles. The fraction of sp³-hybridized carbons (Fsp3) is 0.133. The summed E-state index contributed by atoms with van der Waals surface area (Å²) in [5, 5.41) is 1.43. The van der Waals surface area contributed by atoms with Gasteiger partial charge in [-0.3, -0.25) is 4.79 Å². The van der Waals surface area contributed by atoms with E-state index in [9.17, 15) is 4.79 Å². The van der Waals surface area contributed by atoms with Crippen LogP contribution in [-0.2, 0) is 0 Å². The second-order valence-electron chi connectivity index (χ2n) is 4.10. The lowest BCUT2D eigenvalue weighted by atomic mass is 10.0. The molecule has 0 spiro atoms. The molecule has 0 saturated carbocycles. The van der Waals surface area contributed by atoms with Crippen molar-refractivity contribution in [3.8, 4) is 11.1 Å². The lowest BCUT2D eigenvalue weighted by Gasteiger charge is -2.09. The molecule has 0 unspecified atom stereocenters. The van der Waals surface area contributed by atoms with Gasteiger partial charge in [-0.2, -0.15) is 0 Å². The van der Waals surface area contributed by atoms with Crippen LogP contribution < -0.4 is 0 Å². The Balaban J connectivity index is 2.57. The first-order valence-corrected chi connectivity index (χ1v) is 6.94. The number of hydrogen-bond acceptors (Lipinski definition) is 1. The largest absolute Gasteiger partial charge is 0.294 e. The Morgan fingerprint density at radius 3 is 2.26 bits per heavy atom. The molecule has 0 fully saturated rings. The van der Waals surface area contributed by atoms with E-state index in [1.165, 1.54) is 0 Å². The summed E-state index contributed by atoms with van der Waals surface area (Å²) in [6.45, 7) is 1.83. The van der Waals surface area contributed by atoms with Gasteiger partial charge in [-0.1, -0.05) is 59.9 Å². The van der Waals surface area contributed by atoms with Crippen LogP contribution in [0, 0.1) is 0 Å². The van der Waals surface area contributed by atoms with Gasteiger partial charge in [0.25, 0.3) is 0 Å². The Bertz CT molecular complexity index is 612. The Labute approximate surface area is 127 Å². The molecule has 0 heterocycles. The fourth-order valence-corrected chi connectivity index (χ4v) is 2.91. The number of carbonyl (C=O) groups is 1. The minimum absolute atomic E-state index is 0.0862. The molecule has 0 aliphatic rings. The molecule has 0 aliphatic heterocycles. The monoisotopic (exact) mass is 312 g/mol. The molecule has 2 aromatic rings. The van der Waals surface area contributed by atoms with E-state index in [2.05, 4.69) is 0 Å². The number of benzene rings is 2. The predicted octanol–water partition coefficient (Wildman–Crippen LogP) is 5.91. The van der Waals surface area contributed by atoms with E-state index < -0.39 is 0 Å². The third-order valence-electron chi connectivity index (χ3n) is 2.80. The maximum Gasteiger partial charge on any atom is 0.162 e. The smallest absolute Gasteiger partial charge is 0.162 e. The van der Waals surface area contributed by atoms with Crippen LogP contribution >= 0.6 is 34.8 Å². The van der Waals surface area contributed by atoms with E-state index >= 15 is 0 Å². The highest BCUT2D eigenvalue weighted by molar-refractivity contribution is 6.41. The van der Waals surface area contributed by atoms with E-state index in [-0.39, 0.29) is 5.78 Å². The van der Waals surface area contributed by atoms with Gasteiger partial charge in [0.1, 0.15) is 0 Å². The van der Waals surface area contributed by atoms with Crippen molar-refractivity contribution in [2.75, 3.05) is 0 Å². The van der Waals surface area contributed by atoms with Crippen LogP contribution in [0.15, 0.2) is 36.4 Å². The normalized spacial score (nSPS) is 10.5. The Morgan fingerprint density at radius 1 is 1.05 bits per heavy atom. The Hall–Kier alpha value is -1.02. The summed E-state index contributed by atoms with van der Waals surface area (Å²) in [5.41, 5.74) is 2.16. The molecule has 0 saturated heterocycles. The molecule has 0 N–H and O–H groups in total. The lowest BCUT2D eigenvalue weighted by molar-refractivity contribution is 0.0988. The van der Waals surface area contributed by atoms with Crippen LogP contribution in [0.5, 0.6) is 0 Å². The molecule has 0 amide bonds. The third-order valence-corrected chi connectivity index (χ3v) is 3.62. The highest BCUT2D eigenvalue weighted by atomic mass is 35.5. The molecule has 2 rings (SSSR count). The second kappa shape index (κ2) is 5.96. The molecule has 1 nitrogen and oxygen atoms in total. The van der Waals surface area contributed by atoms with E-state index in [1.54, 1.807) is 24.3 Å². The molecule has 0 bridgehead atoms. The van der Waals surface area contributed by atoms with Gasteiger partial charge < -0.3 is 0 Å². The number of Topliss-reactive ketones (excluding diaryl/α,β-unsaturated/α-hetero) is 1. The van der Waals surface area contributed by atoms with Gasteiger partial charge in [0, 0.05) is 22.6 Å². The van der Waals surface area contributed by atoms with E-state index in [0.29, 0.717) is 32.6 Å². The average molecular weight is 314 g/mol. The number of rotatable bonds is 3.